The second-order valence-electron chi connectivity index (χ2n) is 4.74. The van der Waals surface area contributed by atoms with E-state index in [2.05, 4.69) is 17.2 Å². The highest BCUT2D eigenvalue weighted by molar-refractivity contribution is 5.74. The molecule has 0 aliphatic carbocycles. The number of rotatable bonds is 3. The Morgan fingerprint density at radius 3 is 3.06 bits per heavy atom. The van der Waals surface area contributed by atoms with Gasteiger partial charge in [-0.25, -0.2) is 0 Å². The van der Waals surface area contributed by atoms with Crippen molar-refractivity contribution in [2.75, 3.05) is 18.5 Å². The highest BCUT2D eigenvalue weighted by Crippen LogP contribution is 2.26. The summed E-state index contributed by atoms with van der Waals surface area (Å²) in [5, 5.41) is 3.21. The topological polar surface area (TPSA) is 47.3 Å². The number of anilines is 1. The van der Waals surface area contributed by atoms with Crippen LogP contribution in [0.5, 0.6) is 0 Å². The van der Waals surface area contributed by atoms with Gasteiger partial charge in [-0.3, -0.25) is 0 Å². The van der Waals surface area contributed by atoms with E-state index in [1.54, 1.807) is 0 Å². The molecule has 1 atom stereocenters. The third-order valence-electron chi connectivity index (χ3n) is 3.21. The van der Waals surface area contributed by atoms with Crippen molar-refractivity contribution in [2.45, 2.75) is 25.4 Å². The molecule has 90 valence electrons. The third-order valence-corrected chi connectivity index (χ3v) is 3.21. The van der Waals surface area contributed by atoms with Crippen LogP contribution in [-0.2, 0) is 4.74 Å². The summed E-state index contributed by atoms with van der Waals surface area (Å²) in [6.45, 7) is 3.71. The molecule has 1 aliphatic heterocycles. The van der Waals surface area contributed by atoms with E-state index in [1.165, 1.54) is 0 Å². The lowest BCUT2D eigenvalue weighted by Crippen LogP contribution is -2.32. The smallest absolute Gasteiger partial charge is 0.295 e. The Hall–Kier alpha value is -1.55. The van der Waals surface area contributed by atoms with E-state index in [0.717, 1.165) is 37.1 Å². The molecule has 1 unspecified atom stereocenters. The van der Waals surface area contributed by atoms with Crippen LogP contribution in [0.4, 0.5) is 6.01 Å². The van der Waals surface area contributed by atoms with E-state index in [1.807, 2.05) is 24.3 Å². The Balaban J connectivity index is 1.72. The normalized spacial score (nSPS) is 24.3. The molecule has 4 nitrogen and oxygen atoms in total. The lowest BCUT2D eigenvalue weighted by molar-refractivity contribution is 0.0311. The van der Waals surface area contributed by atoms with Gasteiger partial charge >= 0.3 is 0 Å². The van der Waals surface area contributed by atoms with Crippen LogP contribution in [0.2, 0.25) is 0 Å². The van der Waals surface area contributed by atoms with Crippen molar-refractivity contribution in [1.29, 1.82) is 0 Å². The zero-order valence-electron chi connectivity index (χ0n) is 9.90. The Bertz CT molecular complexity index is 482. The van der Waals surface area contributed by atoms with Crippen LogP contribution < -0.4 is 5.32 Å². The number of nitrogens with one attached hydrogen (secondary N) is 1. The minimum Gasteiger partial charge on any atom is -0.424 e. The van der Waals surface area contributed by atoms with E-state index in [9.17, 15) is 0 Å². The number of para-hydroxylation sites is 2. The van der Waals surface area contributed by atoms with E-state index in [0.29, 0.717) is 6.01 Å². The molecule has 0 radical (unpaired) electrons. The number of benzene rings is 1. The highest BCUT2D eigenvalue weighted by Gasteiger charge is 2.29. The SMILES string of the molecule is CC1(CNc2nc3ccccc3o2)CCCO1. The molecule has 4 heteroatoms. The Morgan fingerprint density at radius 2 is 2.29 bits per heavy atom. The molecule has 17 heavy (non-hydrogen) atoms. The van der Waals surface area contributed by atoms with Gasteiger partial charge in [0, 0.05) is 13.2 Å². The molecule has 0 amide bonds. The molecule has 0 saturated carbocycles. The lowest BCUT2D eigenvalue weighted by atomic mass is 10.0. The van der Waals surface area contributed by atoms with Crippen molar-refractivity contribution in [3.63, 3.8) is 0 Å². The van der Waals surface area contributed by atoms with E-state index >= 15 is 0 Å². The number of ether oxygens (including phenoxy) is 1. The first-order valence-electron chi connectivity index (χ1n) is 5.99. The van der Waals surface area contributed by atoms with Crippen molar-refractivity contribution in [3.05, 3.63) is 24.3 Å². The number of oxazole rings is 1. The summed E-state index contributed by atoms with van der Waals surface area (Å²) in [5.74, 6) is 0. The number of hydrogen-bond donors (Lipinski definition) is 1. The molecule has 2 aromatic rings. The molecule has 1 aliphatic rings. The van der Waals surface area contributed by atoms with E-state index < -0.39 is 0 Å². The second kappa shape index (κ2) is 4.04. The van der Waals surface area contributed by atoms with Gasteiger partial charge in [0.25, 0.3) is 6.01 Å². The van der Waals surface area contributed by atoms with Crippen LogP contribution >= 0.6 is 0 Å². The Kier molecular flexibility index (Phi) is 2.52. The van der Waals surface area contributed by atoms with Crippen molar-refractivity contribution in [1.82, 2.24) is 4.98 Å². The fourth-order valence-electron chi connectivity index (χ4n) is 2.19. The molecule has 1 N–H and O–H groups in total. The zero-order valence-corrected chi connectivity index (χ0v) is 9.90. The molecular weight excluding hydrogens is 216 g/mol. The second-order valence-corrected chi connectivity index (χ2v) is 4.74. The van der Waals surface area contributed by atoms with Gasteiger partial charge in [-0.15, -0.1) is 0 Å². The molecule has 2 heterocycles. The molecule has 0 spiro atoms. The molecule has 3 rings (SSSR count). The van der Waals surface area contributed by atoms with E-state index in [4.69, 9.17) is 9.15 Å². The predicted octanol–water partition coefficient (Wildman–Crippen LogP) is 2.81. The van der Waals surface area contributed by atoms with Crippen LogP contribution in [0.1, 0.15) is 19.8 Å². The van der Waals surface area contributed by atoms with Crippen LogP contribution in [0.25, 0.3) is 11.1 Å². The third kappa shape index (κ3) is 2.13. The largest absolute Gasteiger partial charge is 0.424 e. The zero-order chi connectivity index (χ0) is 11.7. The summed E-state index contributed by atoms with van der Waals surface area (Å²) in [5.41, 5.74) is 1.61. The molecule has 1 aromatic heterocycles. The van der Waals surface area contributed by atoms with Crippen LogP contribution in [0.3, 0.4) is 0 Å². The van der Waals surface area contributed by atoms with Crippen molar-refractivity contribution < 1.29 is 9.15 Å². The molecule has 0 bridgehead atoms. The first-order chi connectivity index (χ1) is 8.25. The number of nitrogens with zero attached hydrogens (tertiary/aromatic N) is 1. The molecule has 1 saturated heterocycles. The van der Waals surface area contributed by atoms with Crippen molar-refractivity contribution in [3.8, 4) is 0 Å². The van der Waals surface area contributed by atoms with Gasteiger partial charge in [0.1, 0.15) is 5.52 Å². The van der Waals surface area contributed by atoms with Gasteiger partial charge < -0.3 is 14.5 Å². The fraction of sp³-hybridized carbons (Fsp3) is 0.462. The average molecular weight is 232 g/mol. The Morgan fingerprint density at radius 1 is 1.41 bits per heavy atom. The molecule has 1 fully saturated rings. The average Bonchev–Trinajstić information content (AvgIpc) is 2.93. The maximum Gasteiger partial charge on any atom is 0.295 e. The summed E-state index contributed by atoms with van der Waals surface area (Å²) in [6.07, 6.45) is 2.21. The van der Waals surface area contributed by atoms with Gasteiger partial charge in [-0.2, -0.15) is 4.98 Å². The minimum absolute atomic E-state index is 0.0827. The maximum atomic E-state index is 5.70. The number of aromatic nitrogens is 1. The first kappa shape index (κ1) is 10.6. The van der Waals surface area contributed by atoms with Crippen LogP contribution in [0, 0.1) is 0 Å². The predicted molar refractivity (Wildman–Crippen MR) is 66.1 cm³/mol. The number of fused-ring (bicyclic) bond motifs is 1. The monoisotopic (exact) mass is 232 g/mol. The van der Waals surface area contributed by atoms with Gasteiger partial charge in [0.2, 0.25) is 0 Å². The van der Waals surface area contributed by atoms with Crippen molar-refractivity contribution >= 4 is 17.1 Å². The van der Waals surface area contributed by atoms with Crippen LogP contribution in [-0.4, -0.2) is 23.7 Å². The lowest BCUT2D eigenvalue weighted by Gasteiger charge is -2.22. The van der Waals surface area contributed by atoms with E-state index in [-0.39, 0.29) is 5.60 Å². The fourth-order valence-corrected chi connectivity index (χ4v) is 2.19. The highest BCUT2D eigenvalue weighted by atomic mass is 16.5. The quantitative estimate of drug-likeness (QED) is 0.884. The summed E-state index contributed by atoms with van der Waals surface area (Å²) < 4.78 is 11.3. The summed E-state index contributed by atoms with van der Waals surface area (Å²) in [4.78, 5) is 4.37. The van der Waals surface area contributed by atoms with Gasteiger partial charge in [-0.05, 0) is 31.9 Å². The summed E-state index contributed by atoms with van der Waals surface area (Å²) in [7, 11) is 0. The summed E-state index contributed by atoms with van der Waals surface area (Å²) >= 11 is 0. The summed E-state index contributed by atoms with van der Waals surface area (Å²) in [6, 6.07) is 8.33. The molecular formula is C13H16N2O2. The van der Waals surface area contributed by atoms with Crippen molar-refractivity contribution in [2.24, 2.45) is 0 Å². The van der Waals surface area contributed by atoms with Gasteiger partial charge in [0.05, 0.1) is 5.60 Å². The molecule has 1 aromatic carbocycles. The van der Waals surface area contributed by atoms with Gasteiger partial charge in [0.15, 0.2) is 5.58 Å². The number of hydrogen-bond acceptors (Lipinski definition) is 4. The van der Waals surface area contributed by atoms with Gasteiger partial charge in [-0.1, -0.05) is 12.1 Å². The Labute approximate surface area is 100.0 Å². The maximum absolute atomic E-state index is 5.70. The first-order valence-corrected chi connectivity index (χ1v) is 5.99. The minimum atomic E-state index is -0.0827. The standard InChI is InChI=1S/C13H16N2O2/c1-13(7-4-8-16-13)9-14-12-15-10-5-2-3-6-11(10)17-12/h2-3,5-6H,4,7-9H2,1H3,(H,14,15). The van der Waals surface area contributed by atoms with Crippen LogP contribution in [0.15, 0.2) is 28.7 Å².